The number of primary amides is 1. The van der Waals surface area contributed by atoms with Crippen LogP contribution in [0.3, 0.4) is 0 Å². The van der Waals surface area contributed by atoms with Gasteiger partial charge < -0.3 is 11.1 Å². The van der Waals surface area contributed by atoms with Crippen LogP contribution < -0.4 is 11.1 Å². The van der Waals surface area contributed by atoms with E-state index in [4.69, 9.17) is 17.3 Å². The molecule has 3 rings (SSSR count). The van der Waals surface area contributed by atoms with Crippen molar-refractivity contribution in [2.24, 2.45) is 5.73 Å². The minimum atomic E-state index is -0.494. The van der Waals surface area contributed by atoms with E-state index in [0.717, 1.165) is 36.5 Å². The van der Waals surface area contributed by atoms with Gasteiger partial charge in [0.15, 0.2) is 0 Å². The summed E-state index contributed by atoms with van der Waals surface area (Å²) in [7, 11) is 0. The minimum absolute atomic E-state index is 0. The normalized spacial score (nSPS) is 13.9. The summed E-state index contributed by atoms with van der Waals surface area (Å²) in [5.74, 6) is -0.762. The van der Waals surface area contributed by atoms with Gasteiger partial charge in [0, 0.05) is 18.0 Å². The van der Waals surface area contributed by atoms with Gasteiger partial charge in [0.05, 0.1) is 14.8 Å². The molecule has 3 N–H and O–H groups in total. The maximum Gasteiger partial charge on any atom is 0.266 e. The van der Waals surface area contributed by atoms with Crippen molar-refractivity contribution in [3.8, 4) is 0 Å². The van der Waals surface area contributed by atoms with Gasteiger partial charge in [-0.1, -0.05) is 18.5 Å². The Morgan fingerprint density at radius 1 is 1.38 bits per heavy atom. The Kier molecular flexibility index (Phi) is 6.28. The molecule has 2 amide bonds. The van der Waals surface area contributed by atoms with E-state index in [1.807, 2.05) is 0 Å². The van der Waals surface area contributed by atoms with Crippen LogP contribution in [0, 0.1) is 0 Å². The second-order valence-corrected chi connectivity index (χ2v) is 8.07. The van der Waals surface area contributed by atoms with Crippen LogP contribution in [-0.2, 0) is 13.0 Å². The van der Waals surface area contributed by atoms with Crippen LogP contribution in [0.25, 0.3) is 0 Å². The molecule has 0 fully saturated rings. The molecule has 0 unspecified atom stereocenters. The van der Waals surface area contributed by atoms with Gasteiger partial charge in [0.25, 0.3) is 11.8 Å². The molecule has 0 radical (unpaired) electrons. The van der Waals surface area contributed by atoms with Crippen LogP contribution in [0.2, 0.25) is 4.34 Å². The molecule has 1 aliphatic heterocycles. The topological polar surface area (TPSA) is 75.4 Å². The molecular formula is C15H17Cl2N3O2S2. The fraction of sp³-hybridized carbons (Fsp3) is 0.333. The molecule has 2 aromatic rings. The summed E-state index contributed by atoms with van der Waals surface area (Å²) < 4.78 is 0.550. The number of rotatable bonds is 4. The Bertz CT molecular complexity index is 773. The number of carbonyl (C=O) groups excluding carboxylic acids is 2. The number of nitrogens with two attached hydrogens (primary N) is 1. The molecule has 0 saturated carbocycles. The van der Waals surface area contributed by atoms with Crippen LogP contribution >= 0.6 is 46.7 Å². The van der Waals surface area contributed by atoms with Crippen molar-refractivity contribution in [3.63, 3.8) is 0 Å². The molecule has 0 atom stereocenters. The number of amides is 2. The molecule has 5 nitrogen and oxygen atoms in total. The maximum atomic E-state index is 12.3. The number of nitrogens with zero attached hydrogens (tertiary/aromatic N) is 1. The summed E-state index contributed by atoms with van der Waals surface area (Å²) in [6, 6.07) is 3.34. The highest BCUT2D eigenvalue weighted by molar-refractivity contribution is 7.18. The molecule has 24 heavy (non-hydrogen) atoms. The lowest BCUT2D eigenvalue weighted by Gasteiger charge is -2.25. The zero-order valence-corrected chi connectivity index (χ0v) is 16.1. The average Bonchev–Trinajstić information content (AvgIpc) is 3.09. The van der Waals surface area contributed by atoms with E-state index >= 15 is 0 Å². The van der Waals surface area contributed by atoms with Gasteiger partial charge in [0.2, 0.25) is 0 Å². The first-order chi connectivity index (χ1) is 11.0. The van der Waals surface area contributed by atoms with Gasteiger partial charge in [-0.3, -0.25) is 14.5 Å². The number of likely N-dealkylation sites (N-methyl/N-ethyl adjacent to an activating group) is 1. The number of hydrogen-bond donors (Lipinski definition) is 2. The zero-order valence-electron chi connectivity index (χ0n) is 12.9. The van der Waals surface area contributed by atoms with E-state index in [2.05, 4.69) is 17.1 Å². The van der Waals surface area contributed by atoms with Crippen molar-refractivity contribution in [1.29, 1.82) is 0 Å². The summed E-state index contributed by atoms with van der Waals surface area (Å²) >= 11 is 8.50. The summed E-state index contributed by atoms with van der Waals surface area (Å²) in [6.45, 7) is 4.75. The fourth-order valence-corrected chi connectivity index (χ4v) is 4.90. The quantitative estimate of drug-likeness (QED) is 0.815. The first-order valence-corrected chi connectivity index (χ1v) is 9.24. The zero-order chi connectivity index (χ0) is 16.6. The number of nitrogens with one attached hydrogen (secondary N) is 1. The lowest BCUT2D eigenvalue weighted by atomic mass is 10.0. The van der Waals surface area contributed by atoms with E-state index in [1.165, 1.54) is 22.7 Å². The molecule has 0 aliphatic carbocycles. The standard InChI is InChI=1S/C15H16ClN3O2S2.ClH/c1-2-19-6-5-8-10(7-19)23-15(12(8)13(17)20)18-14(21)9-3-4-11(16)22-9;/h3-4H,2,5-7H2,1H3,(H2,17,20)(H,18,21);1H. The van der Waals surface area contributed by atoms with Gasteiger partial charge in [-0.2, -0.15) is 0 Å². The fourth-order valence-electron chi connectivity index (χ4n) is 2.68. The van der Waals surface area contributed by atoms with Crippen LogP contribution in [-0.4, -0.2) is 29.8 Å². The molecule has 130 valence electrons. The SMILES string of the molecule is CCN1CCc2c(sc(NC(=O)c3ccc(Cl)s3)c2C(N)=O)C1.Cl. The number of hydrogen-bond acceptors (Lipinski definition) is 5. The van der Waals surface area contributed by atoms with Gasteiger partial charge in [0.1, 0.15) is 5.00 Å². The maximum absolute atomic E-state index is 12.3. The number of fused-ring (bicyclic) bond motifs is 1. The average molecular weight is 406 g/mol. The number of halogens is 2. The monoisotopic (exact) mass is 405 g/mol. The summed E-state index contributed by atoms with van der Waals surface area (Å²) in [5, 5.41) is 3.36. The second-order valence-electron chi connectivity index (χ2n) is 5.25. The van der Waals surface area contributed by atoms with Crippen molar-refractivity contribution in [2.45, 2.75) is 19.9 Å². The van der Waals surface area contributed by atoms with Crippen LogP contribution in [0.1, 0.15) is 37.4 Å². The molecule has 3 heterocycles. The van der Waals surface area contributed by atoms with E-state index in [9.17, 15) is 9.59 Å². The van der Waals surface area contributed by atoms with Crippen LogP contribution in [0.5, 0.6) is 0 Å². The Balaban J connectivity index is 0.00000208. The number of anilines is 1. The lowest BCUT2D eigenvalue weighted by Crippen LogP contribution is -2.30. The molecule has 9 heteroatoms. The molecule has 2 aromatic heterocycles. The third-order valence-corrected chi connectivity index (χ3v) is 6.22. The van der Waals surface area contributed by atoms with E-state index in [1.54, 1.807) is 12.1 Å². The van der Waals surface area contributed by atoms with E-state index in [0.29, 0.717) is 19.8 Å². The van der Waals surface area contributed by atoms with E-state index < -0.39 is 5.91 Å². The number of carbonyl (C=O) groups is 2. The van der Waals surface area contributed by atoms with Crippen molar-refractivity contribution < 1.29 is 9.59 Å². The number of thiophene rings is 2. The minimum Gasteiger partial charge on any atom is -0.365 e. The Labute approximate surface area is 159 Å². The Hall–Kier alpha value is -1.12. The van der Waals surface area contributed by atoms with E-state index in [-0.39, 0.29) is 18.3 Å². The van der Waals surface area contributed by atoms with Crippen molar-refractivity contribution in [2.75, 3.05) is 18.4 Å². The third kappa shape index (κ3) is 3.75. The first kappa shape index (κ1) is 19.2. The molecule has 0 spiro atoms. The largest absolute Gasteiger partial charge is 0.365 e. The van der Waals surface area contributed by atoms with Gasteiger partial charge in [-0.15, -0.1) is 35.1 Å². The highest BCUT2D eigenvalue weighted by Crippen LogP contribution is 2.37. The second kappa shape index (κ2) is 7.84. The van der Waals surface area contributed by atoms with Gasteiger partial charge in [-0.25, -0.2) is 0 Å². The predicted octanol–water partition coefficient (Wildman–Crippen LogP) is 3.61. The molecule has 0 aromatic carbocycles. The summed E-state index contributed by atoms with van der Waals surface area (Å²) in [4.78, 5) is 28.1. The van der Waals surface area contributed by atoms with Crippen LogP contribution in [0.15, 0.2) is 12.1 Å². The highest BCUT2D eigenvalue weighted by Gasteiger charge is 2.27. The van der Waals surface area contributed by atoms with Crippen molar-refractivity contribution >= 4 is 63.5 Å². The molecule has 0 saturated heterocycles. The van der Waals surface area contributed by atoms with Gasteiger partial charge >= 0.3 is 0 Å². The smallest absolute Gasteiger partial charge is 0.266 e. The highest BCUT2D eigenvalue weighted by atomic mass is 35.5. The van der Waals surface area contributed by atoms with Gasteiger partial charge in [-0.05, 0) is 30.7 Å². The Morgan fingerprint density at radius 3 is 2.71 bits per heavy atom. The van der Waals surface area contributed by atoms with Crippen molar-refractivity contribution in [1.82, 2.24) is 4.90 Å². The third-order valence-electron chi connectivity index (χ3n) is 3.85. The molecule has 1 aliphatic rings. The van der Waals surface area contributed by atoms with Crippen LogP contribution in [0.4, 0.5) is 5.00 Å². The van der Waals surface area contributed by atoms with Crippen molar-refractivity contribution in [3.05, 3.63) is 37.4 Å². The molecular weight excluding hydrogens is 389 g/mol. The predicted molar refractivity (Wildman–Crippen MR) is 102 cm³/mol. The molecule has 0 bridgehead atoms. The Morgan fingerprint density at radius 2 is 2.12 bits per heavy atom. The summed E-state index contributed by atoms with van der Waals surface area (Å²) in [5.41, 5.74) is 6.99. The first-order valence-electron chi connectivity index (χ1n) is 7.23. The lowest BCUT2D eigenvalue weighted by molar-refractivity contribution is 0.1000. The summed E-state index contributed by atoms with van der Waals surface area (Å²) in [6.07, 6.45) is 0.776.